The smallest absolute Gasteiger partial charge is 0.338 e. The molecule has 0 fully saturated rings. The number of hydrogen-bond acceptors (Lipinski definition) is 3. The fourth-order valence-corrected chi connectivity index (χ4v) is 1.52. The van der Waals surface area contributed by atoms with Gasteiger partial charge in [-0.05, 0) is 25.5 Å². The van der Waals surface area contributed by atoms with E-state index in [0.717, 1.165) is 6.42 Å². The van der Waals surface area contributed by atoms with Gasteiger partial charge in [-0.3, -0.25) is 0 Å². The molecule has 5 heteroatoms. The number of benzene rings is 1. The van der Waals surface area contributed by atoms with Gasteiger partial charge < -0.3 is 10.5 Å². The number of carbonyl (C=O) groups is 1. The molecule has 1 atom stereocenters. The number of nitrogens with two attached hydrogens (primary N) is 1. The lowest BCUT2D eigenvalue weighted by Gasteiger charge is -2.11. The molecule has 88 valence electrons. The van der Waals surface area contributed by atoms with Gasteiger partial charge in [-0.2, -0.15) is 0 Å². The van der Waals surface area contributed by atoms with E-state index in [1.54, 1.807) is 0 Å². The zero-order chi connectivity index (χ0) is 12.3. The molecule has 3 nitrogen and oxygen atoms in total. The number of nitrogen functional groups attached to an aromatic ring is 1. The van der Waals surface area contributed by atoms with Crippen molar-refractivity contribution in [2.75, 3.05) is 5.73 Å². The van der Waals surface area contributed by atoms with E-state index in [0.29, 0.717) is 5.56 Å². The van der Waals surface area contributed by atoms with Crippen molar-refractivity contribution < 1.29 is 9.53 Å². The van der Waals surface area contributed by atoms with Crippen LogP contribution in [0.3, 0.4) is 0 Å². The predicted molar refractivity (Wildman–Crippen MR) is 66.0 cm³/mol. The summed E-state index contributed by atoms with van der Waals surface area (Å²) < 4.78 is 5.14. The first-order chi connectivity index (χ1) is 7.45. The molecule has 0 bridgehead atoms. The van der Waals surface area contributed by atoms with Crippen molar-refractivity contribution in [2.45, 2.75) is 26.4 Å². The summed E-state index contributed by atoms with van der Waals surface area (Å²) in [7, 11) is 0. The fourth-order valence-electron chi connectivity index (χ4n) is 1.04. The number of hydrogen-bond donors (Lipinski definition) is 1. The van der Waals surface area contributed by atoms with Crippen LogP contribution in [0.25, 0.3) is 0 Å². The van der Waals surface area contributed by atoms with Gasteiger partial charge in [0.2, 0.25) is 0 Å². The van der Waals surface area contributed by atoms with Gasteiger partial charge >= 0.3 is 5.97 Å². The van der Waals surface area contributed by atoms with E-state index >= 15 is 0 Å². The Bertz CT molecular complexity index is 384. The van der Waals surface area contributed by atoms with Crippen molar-refractivity contribution >= 4 is 34.9 Å². The first-order valence-electron chi connectivity index (χ1n) is 4.91. The highest BCUT2D eigenvalue weighted by molar-refractivity contribution is 6.39. The average Bonchev–Trinajstić information content (AvgIpc) is 2.24. The van der Waals surface area contributed by atoms with Crippen LogP contribution in [-0.4, -0.2) is 12.1 Å². The molecule has 16 heavy (non-hydrogen) atoms. The normalized spacial score (nSPS) is 12.2. The zero-order valence-electron chi connectivity index (χ0n) is 9.09. The summed E-state index contributed by atoms with van der Waals surface area (Å²) in [5.74, 6) is -0.446. The van der Waals surface area contributed by atoms with Gasteiger partial charge in [-0.25, -0.2) is 4.79 Å². The zero-order valence-corrected chi connectivity index (χ0v) is 10.6. The lowest BCUT2D eigenvalue weighted by atomic mass is 10.2. The molecular formula is C11H13Cl2NO2. The second-order valence-corrected chi connectivity index (χ2v) is 4.29. The maximum Gasteiger partial charge on any atom is 0.338 e. The van der Waals surface area contributed by atoms with Gasteiger partial charge in [0.15, 0.2) is 0 Å². The summed E-state index contributed by atoms with van der Waals surface area (Å²) >= 11 is 11.6. The number of esters is 1. The van der Waals surface area contributed by atoms with Gasteiger partial charge in [0.1, 0.15) is 0 Å². The summed E-state index contributed by atoms with van der Waals surface area (Å²) in [4.78, 5) is 11.6. The van der Waals surface area contributed by atoms with Crippen LogP contribution >= 0.6 is 23.2 Å². The Labute approximate surface area is 104 Å². The highest BCUT2D eigenvalue weighted by atomic mass is 35.5. The maximum absolute atomic E-state index is 11.6. The van der Waals surface area contributed by atoms with Gasteiger partial charge in [0.25, 0.3) is 0 Å². The molecule has 0 saturated heterocycles. The molecule has 0 aliphatic carbocycles. The molecule has 0 amide bonds. The summed E-state index contributed by atoms with van der Waals surface area (Å²) in [6, 6.07) is 2.90. The van der Waals surface area contributed by atoms with E-state index in [-0.39, 0.29) is 21.8 Å². The molecule has 0 heterocycles. The van der Waals surface area contributed by atoms with Gasteiger partial charge in [0.05, 0.1) is 27.4 Å². The Kier molecular flexibility index (Phi) is 4.44. The highest BCUT2D eigenvalue weighted by Crippen LogP contribution is 2.29. The number of carbonyl (C=O) groups excluding carboxylic acids is 1. The molecule has 0 spiro atoms. The average molecular weight is 262 g/mol. The van der Waals surface area contributed by atoms with Crippen LogP contribution in [-0.2, 0) is 4.74 Å². The molecule has 1 aromatic rings. The van der Waals surface area contributed by atoms with E-state index in [4.69, 9.17) is 33.7 Å². The lowest BCUT2D eigenvalue weighted by Crippen LogP contribution is -2.14. The Balaban J connectivity index is 2.93. The Morgan fingerprint density at radius 3 is 2.38 bits per heavy atom. The van der Waals surface area contributed by atoms with Crippen molar-refractivity contribution in [3.63, 3.8) is 0 Å². The highest BCUT2D eigenvalue weighted by Gasteiger charge is 2.14. The third-order valence-corrected chi connectivity index (χ3v) is 2.82. The molecule has 0 aromatic heterocycles. The SMILES string of the molecule is CCC(C)OC(=O)c1cc(Cl)c(N)c(Cl)c1. The van der Waals surface area contributed by atoms with Crippen molar-refractivity contribution in [3.8, 4) is 0 Å². The van der Waals surface area contributed by atoms with Crippen molar-refractivity contribution in [1.29, 1.82) is 0 Å². The molecular weight excluding hydrogens is 249 g/mol. The van der Waals surface area contributed by atoms with Crippen LogP contribution in [0.2, 0.25) is 10.0 Å². The standard InChI is InChI=1S/C11H13Cl2NO2/c1-3-6(2)16-11(15)7-4-8(12)10(14)9(13)5-7/h4-6H,3,14H2,1-2H3. The fraction of sp³-hybridized carbons (Fsp3) is 0.364. The molecule has 1 unspecified atom stereocenters. The van der Waals surface area contributed by atoms with Crippen LogP contribution in [0.4, 0.5) is 5.69 Å². The second-order valence-electron chi connectivity index (χ2n) is 3.48. The Morgan fingerprint density at radius 2 is 1.94 bits per heavy atom. The Hall–Kier alpha value is -0.930. The third-order valence-electron chi connectivity index (χ3n) is 2.20. The van der Waals surface area contributed by atoms with Crippen LogP contribution in [0.15, 0.2) is 12.1 Å². The van der Waals surface area contributed by atoms with E-state index in [1.165, 1.54) is 12.1 Å². The molecule has 0 aliphatic rings. The summed E-state index contributed by atoms with van der Waals surface area (Å²) in [6.45, 7) is 3.75. The molecule has 0 aliphatic heterocycles. The van der Waals surface area contributed by atoms with Crippen molar-refractivity contribution in [3.05, 3.63) is 27.7 Å². The summed E-state index contributed by atoms with van der Waals surface area (Å²) in [5, 5.41) is 0.507. The third kappa shape index (κ3) is 3.03. The monoisotopic (exact) mass is 261 g/mol. The molecule has 1 aromatic carbocycles. The molecule has 0 radical (unpaired) electrons. The van der Waals surface area contributed by atoms with Gasteiger partial charge in [-0.15, -0.1) is 0 Å². The first kappa shape index (κ1) is 13.1. The van der Waals surface area contributed by atoms with Crippen molar-refractivity contribution in [1.82, 2.24) is 0 Å². The predicted octanol–water partition coefficient (Wildman–Crippen LogP) is 3.53. The first-order valence-corrected chi connectivity index (χ1v) is 5.66. The van der Waals surface area contributed by atoms with Crippen LogP contribution < -0.4 is 5.73 Å². The second kappa shape index (κ2) is 5.41. The minimum absolute atomic E-state index is 0.136. The lowest BCUT2D eigenvalue weighted by molar-refractivity contribution is 0.0334. The van der Waals surface area contributed by atoms with E-state index in [9.17, 15) is 4.79 Å². The summed E-state index contributed by atoms with van der Waals surface area (Å²) in [5.41, 5.74) is 6.14. The number of anilines is 1. The molecule has 2 N–H and O–H groups in total. The number of rotatable bonds is 3. The van der Waals surface area contributed by atoms with Gasteiger partial charge in [-0.1, -0.05) is 30.1 Å². The van der Waals surface area contributed by atoms with Gasteiger partial charge in [0, 0.05) is 0 Å². The van der Waals surface area contributed by atoms with Crippen LogP contribution in [0.1, 0.15) is 30.6 Å². The summed E-state index contributed by atoms with van der Waals surface area (Å²) in [6.07, 6.45) is 0.616. The largest absolute Gasteiger partial charge is 0.459 e. The van der Waals surface area contributed by atoms with Crippen molar-refractivity contribution in [2.24, 2.45) is 0 Å². The minimum Gasteiger partial charge on any atom is -0.459 e. The Morgan fingerprint density at radius 1 is 1.44 bits per heavy atom. The van der Waals surface area contributed by atoms with Crippen LogP contribution in [0, 0.1) is 0 Å². The van der Waals surface area contributed by atoms with Crippen LogP contribution in [0.5, 0.6) is 0 Å². The number of ether oxygens (including phenoxy) is 1. The van der Waals surface area contributed by atoms with E-state index < -0.39 is 5.97 Å². The molecule has 1 rings (SSSR count). The topological polar surface area (TPSA) is 52.3 Å². The van der Waals surface area contributed by atoms with E-state index in [2.05, 4.69) is 0 Å². The number of halogens is 2. The van der Waals surface area contributed by atoms with E-state index in [1.807, 2.05) is 13.8 Å². The minimum atomic E-state index is -0.446. The maximum atomic E-state index is 11.6. The molecule has 0 saturated carbocycles. The quantitative estimate of drug-likeness (QED) is 0.669.